The molecule has 1 aliphatic heterocycles. The van der Waals surface area contributed by atoms with Gasteiger partial charge in [0.2, 0.25) is 0 Å². The molecule has 1 saturated heterocycles. The molecule has 2 N–H and O–H groups in total. The van der Waals surface area contributed by atoms with Crippen LogP contribution in [0, 0.1) is 17.2 Å². The van der Waals surface area contributed by atoms with Gasteiger partial charge in [0, 0.05) is 13.1 Å². The summed E-state index contributed by atoms with van der Waals surface area (Å²) in [5.74, 6) is 0.151. The molecule has 2 rings (SSSR count). The van der Waals surface area contributed by atoms with E-state index in [4.69, 9.17) is 11.0 Å². The first-order valence-electron chi connectivity index (χ1n) is 6.23. The Bertz CT molecular complexity index is 382. The molecule has 0 aromatic heterocycles. The Hall–Kier alpha value is -1.37. The summed E-state index contributed by atoms with van der Waals surface area (Å²) in [6.45, 7) is 1.94. The van der Waals surface area contributed by atoms with Crippen molar-refractivity contribution in [2.24, 2.45) is 11.7 Å². The molecule has 0 aliphatic carbocycles. The summed E-state index contributed by atoms with van der Waals surface area (Å²) in [4.78, 5) is 2.29. The number of nitrogens with two attached hydrogens (primary N) is 1. The Morgan fingerprint density at radius 1 is 1.35 bits per heavy atom. The van der Waals surface area contributed by atoms with Crippen LogP contribution in [0.3, 0.4) is 0 Å². The molecule has 0 saturated carbocycles. The zero-order valence-electron chi connectivity index (χ0n) is 10.0. The molecule has 3 nitrogen and oxygen atoms in total. The maximum absolute atomic E-state index is 8.88. The van der Waals surface area contributed by atoms with Crippen molar-refractivity contribution in [2.75, 3.05) is 13.1 Å². The molecule has 0 bridgehead atoms. The van der Waals surface area contributed by atoms with Crippen LogP contribution in [0.5, 0.6) is 0 Å². The van der Waals surface area contributed by atoms with Crippen LogP contribution >= 0.6 is 0 Å². The van der Waals surface area contributed by atoms with Gasteiger partial charge in [-0.1, -0.05) is 30.3 Å². The number of nitrogens with zero attached hydrogens (tertiary/aromatic N) is 2. The summed E-state index contributed by atoms with van der Waals surface area (Å²) in [6, 6.07) is 12.8. The van der Waals surface area contributed by atoms with Gasteiger partial charge in [-0.15, -0.1) is 0 Å². The van der Waals surface area contributed by atoms with Crippen molar-refractivity contribution in [3.8, 4) is 6.07 Å². The second-order valence-corrected chi connectivity index (χ2v) is 4.69. The lowest BCUT2D eigenvalue weighted by Crippen LogP contribution is -2.48. The minimum absolute atomic E-state index is 0.0529. The summed E-state index contributed by atoms with van der Waals surface area (Å²) in [6.07, 6.45) is 2.85. The molecule has 0 amide bonds. The van der Waals surface area contributed by atoms with Gasteiger partial charge in [-0.05, 0) is 24.8 Å². The van der Waals surface area contributed by atoms with Gasteiger partial charge >= 0.3 is 0 Å². The maximum Gasteiger partial charge on any atom is 0.0657 e. The summed E-state index contributed by atoms with van der Waals surface area (Å²) in [5, 5.41) is 8.88. The zero-order chi connectivity index (χ0) is 12.1. The van der Waals surface area contributed by atoms with Crippen LogP contribution in [0.1, 0.15) is 18.4 Å². The van der Waals surface area contributed by atoms with Crippen LogP contribution in [0.4, 0.5) is 0 Å². The van der Waals surface area contributed by atoms with Crippen LogP contribution in [-0.2, 0) is 6.42 Å². The molecule has 1 aromatic rings. The van der Waals surface area contributed by atoms with Gasteiger partial charge in [-0.2, -0.15) is 5.26 Å². The van der Waals surface area contributed by atoms with Gasteiger partial charge in [-0.25, -0.2) is 0 Å². The highest BCUT2D eigenvalue weighted by atomic mass is 15.2. The van der Waals surface area contributed by atoms with Crippen molar-refractivity contribution < 1.29 is 0 Å². The Morgan fingerprint density at radius 2 is 2.12 bits per heavy atom. The summed E-state index contributed by atoms with van der Waals surface area (Å²) in [5.41, 5.74) is 7.43. The van der Waals surface area contributed by atoms with Gasteiger partial charge < -0.3 is 5.73 Å². The van der Waals surface area contributed by atoms with E-state index in [1.54, 1.807) is 0 Å². The third-order valence-electron chi connectivity index (χ3n) is 3.47. The molecule has 1 aromatic carbocycles. The molecule has 2 unspecified atom stereocenters. The van der Waals surface area contributed by atoms with Crippen molar-refractivity contribution in [1.29, 1.82) is 5.26 Å². The standard InChI is InChI=1S/C14H19N3/c15-11-13-7-9-17(14(16)10-13)8-6-12-4-2-1-3-5-12/h1-5,13-14H,6-10,16H2. The molecular weight excluding hydrogens is 210 g/mol. The van der Waals surface area contributed by atoms with Gasteiger partial charge in [-0.3, -0.25) is 4.90 Å². The molecule has 3 heteroatoms. The van der Waals surface area contributed by atoms with Crippen LogP contribution in [0.2, 0.25) is 0 Å². The number of piperidine rings is 1. The van der Waals surface area contributed by atoms with Crippen LogP contribution in [0.25, 0.3) is 0 Å². The first-order chi connectivity index (χ1) is 8.29. The molecule has 2 atom stereocenters. The van der Waals surface area contributed by atoms with E-state index in [0.717, 1.165) is 32.4 Å². The predicted octanol–water partition coefficient (Wildman–Crippen LogP) is 1.75. The SMILES string of the molecule is N#CC1CCN(CCc2ccccc2)C(N)C1. The van der Waals surface area contributed by atoms with Gasteiger partial charge in [0.1, 0.15) is 0 Å². The third-order valence-corrected chi connectivity index (χ3v) is 3.47. The topological polar surface area (TPSA) is 53.0 Å². The Balaban J connectivity index is 1.83. The minimum atomic E-state index is 0.0529. The largest absolute Gasteiger partial charge is 0.316 e. The smallest absolute Gasteiger partial charge is 0.0657 e. The van der Waals surface area contributed by atoms with E-state index in [2.05, 4.69) is 35.2 Å². The Morgan fingerprint density at radius 3 is 2.76 bits per heavy atom. The lowest BCUT2D eigenvalue weighted by molar-refractivity contribution is 0.134. The molecule has 1 aliphatic rings. The molecule has 90 valence electrons. The fraction of sp³-hybridized carbons (Fsp3) is 0.500. The van der Waals surface area contributed by atoms with Crippen LogP contribution in [-0.4, -0.2) is 24.2 Å². The van der Waals surface area contributed by atoms with E-state index in [9.17, 15) is 0 Å². The van der Waals surface area contributed by atoms with E-state index in [-0.39, 0.29) is 12.1 Å². The van der Waals surface area contributed by atoms with Crippen LogP contribution in [0.15, 0.2) is 30.3 Å². The van der Waals surface area contributed by atoms with E-state index in [0.29, 0.717) is 0 Å². The van der Waals surface area contributed by atoms with Gasteiger partial charge in [0.25, 0.3) is 0 Å². The first-order valence-corrected chi connectivity index (χ1v) is 6.23. The number of rotatable bonds is 3. The van der Waals surface area contributed by atoms with Crippen molar-refractivity contribution in [3.05, 3.63) is 35.9 Å². The summed E-state index contributed by atoms with van der Waals surface area (Å²) < 4.78 is 0. The molecule has 1 fully saturated rings. The molecule has 0 radical (unpaired) electrons. The van der Waals surface area contributed by atoms with Gasteiger partial charge in [0.15, 0.2) is 0 Å². The molecule has 0 spiro atoms. The number of nitriles is 1. The molecular formula is C14H19N3. The monoisotopic (exact) mass is 229 g/mol. The maximum atomic E-state index is 8.88. The average Bonchev–Trinajstić information content (AvgIpc) is 2.38. The number of hydrogen-bond donors (Lipinski definition) is 1. The van der Waals surface area contributed by atoms with Crippen molar-refractivity contribution in [3.63, 3.8) is 0 Å². The average molecular weight is 229 g/mol. The summed E-state index contributed by atoms with van der Waals surface area (Å²) >= 11 is 0. The number of hydrogen-bond acceptors (Lipinski definition) is 3. The predicted molar refractivity (Wildman–Crippen MR) is 68.0 cm³/mol. The minimum Gasteiger partial charge on any atom is -0.316 e. The van der Waals surface area contributed by atoms with E-state index in [1.165, 1.54) is 5.56 Å². The highest BCUT2D eigenvalue weighted by Crippen LogP contribution is 2.19. The first kappa shape index (κ1) is 12.1. The van der Waals surface area contributed by atoms with Crippen molar-refractivity contribution >= 4 is 0 Å². The lowest BCUT2D eigenvalue weighted by atomic mass is 9.96. The molecule has 17 heavy (non-hydrogen) atoms. The lowest BCUT2D eigenvalue weighted by Gasteiger charge is -2.35. The second-order valence-electron chi connectivity index (χ2n) is 4.69. The second kappa shape index (κ2) is 5.81. The Labute approximate surface area is 103 Å². The van der Waals surface area contributed by atoms with Gasteiger partial charge in [0.05, 0.1) is 18.2 Å². The fourth-order valence-electron chi connectivity index (χ4n) is 2.36. The van der Waals surface area contributed by atoms with E-state index < -0.39 is 0 Å². The highest BCUT2D eigenvalue weighted by molar-refractivity contribution is 5.14. The van der Waals surface area contributed by atoms with E-state index >= 15 is 0 Å². The molecule has 1 heterocycles. The summed E-state index contributed by atoms with van der Waals surface area (Å²) in [7, 11) is 0. The number of likely N-dealkylation sites (tertiary alicyclic amines) is 1. The number of benzene rings is 1. The zero-order valence-corrected chi connectivity index (χ0v) is 10.0. The third kappa shape index (κ3) is 3.29. The van der Waals surface area contributed by atoms with Crippen molar-refractivity contribution in [2.45, 2.75) is 25.4 Å². The normalized spacial score (nSPS) is 25.4. The Kier molecular flexibility index (Phi) is 4.13. The van der Waals surface area contributed by atoms with Crippen LogP contribution < -0.4 is 5.73 Å². The highest BCUT2D eigenvalue weighted by Gasteiger charge is 2.25. The quantitative estimate of drug-likeness (QED) is 0.859. The fourth-order valence-corrected chi connectivity index (χ4v) is 2.36. The van der Waals surface area contributed by atoms with E-state index in [1.807, 2.05) is 6.07 Å². The van der Waals surface area contributed by atoms with Crippen molar-refractivity contribution in [1.82, 2.24) is 4.90 Å².